The fraction of sp³-hybridized carbons (Fsp3) is 0.556. The Labute approximate surface area is 156 Å². The molecule has 1 N–H and O–H groups in total. The van der Waals surface area contributed by atoms with Crippen molar-refractivity contribution in [2.24, 2.45) is 0 Å². The first-order valence-corrected chi connectivity index (χ1v) is 8.88. The third kappa shape index (κ3) is 4.12. The highest BCUT2D eigenvalue weighted by molar-refractivity contribution is 5.88. The van der Waals surface area contributed by atoms with Gasteiger partial charge in [-0.1, -0.05) is 0 Å². The van der Waals surface area contributed by atoms with Gasteiger partial charge in [-0.05, 0) is 27.7 Å². The predicted octanol–water partition coefficient (Wildman–Crippen LogP) is 2.51. The molecule has 1 amide bonds. The smallest absolute Gasteiger partial charge is 0.410 e. The molecule has 146 valence electrons. The third-order valence-corrected chi connectivity index (χ3v) is 4.29. The van der Waals surface area contributed by atoms with E-state index in [2.05, 4.69) is 10.1 Å². The molecular weight excluding hydrogens is 352 g/mol. The second kappa shape index (κ2) is 7.05. The molecule has 3 heterocycles. The highest BCUT2D eigenvalue weighted by Gasteiger charge is 2.29. The van der Waals surface area contributed by atoms with Crippen LogP contribution in [0, 0.1) is 6.92 Å². The summed E-state index contributed by atoms with van der Waals surface area (Å²) < 4.78 is 13.0. The number of hydrogen-bond donors (Lipinski definition) is 1. The minimum Gasteiger partial charge on any atom is -0.476 e. The maximum atomic E-state index is 12.2. The number of carbonyl (C=O) groups excluding carboxylic acids is 1. The number of carbonyl (C=O) groups is 2. The molecule has 0 spiro atoms. The van der Waals surface area contributed by atoms with Gasteiger partial charge >= 0.3 is 12.1 Å². The summed E-state index contributed by atoms with van der Waals surface area (Å²) in [6.07, 6.45) is 2.30. The zero-order valence-corrected chi connectivity index (χ0v) is 15.9. The number of aromatic carboxylic acids is 1. The molecule has 9 nitrogen and oxygen atoms in total. The molecule has 0 aliphatic carbocycles. The summed E-state index contributed by atoms with van der Waals surface area (Å²) in [6.45, 7) is 8.19. The Morgan fingerprint density at radius 1 is 1.26 bits per heavy atom. The number of ether oxygens (including phenoxy) is 2. The molecule has 0 atom stereocenters. The Hall–Kier alpha value is -2.84. The van der Waals surface area contributed by atoms with Gasteiger partial charge < -0.3 is 19.5 Å². The van der Waals surface area contributed by atoms with Gasteiger partial charge in [0, 0.05) is 37.6 Å². The zero-order chi connectivity index (χ0) is 19.8. The molecule has 0 radical (unpaired) electrons. The van der Waals surface area contributed by atoms with Crippen LogP contribution in [0.25, 0.3) is 5.65 Å². The van der Waals surface area contributed by atoms with E-state index < -0.39 is 11.6 Å². The van der Waals surface area contributed by atoms with Crippen LogP contribution in [-0.2, 0) is 4.74 Å². The molecule has 3 rings (SSSR count). The van der Waals surface area contributed by atoms with Crippen LogP contribution in [0.15, 0.2) is 12.3 Å². The summed E-state index contributed by atoms with van der Waals surface area (Å²) in [5.41, 5.74) is 0.258. The minimum atomic E-state index is -1.11. The summed E-state index contributed by atoms with van der Waals surface area (Å²) in [6, 6.07) is 1.63. The standard InChI is InChI=1S/C18H24N4O5/c1-11-14(16(23)24)20-13-5-8-19-22(13)15(11)26-12-6-9-21(10-7-12)17(25)27-18(2,3)4/h5,8,12H,6-7,9-10H2,1-4H3,(H,23,24). The van der Waals surface area contributed by atoms with Gasteiger partial charge in [-0.15, -0.1) is 0 Å². The Morgan fingerprint density at radius 3 is 2.52 bits per heavy atom. The van der Waals surface area contributed by atoms with Gasteiger partial charge in [0.05, 0.1) is 6.20 Å². The monoisotopic (exact) mass is 376 g/mol. The Balaban J connectivity index is 1.73. The van der Waals surface area contributed by atoms with Crippen molar-refractivity contribution in [1.29, 1.82) is 0 Å². The lowest BCUT2D eigenvalue weighted by Gasteiger charge is -2.33. The molecule has 27 heavy (non-hydrogen) atoms. The van der Waals surface area contributed by atoms with Gasteiger partial charge in [0.25, 0.3) is 0 Å². The fourth-order valence-electron chi connectivity index (χ4n) is 2.98. The maximum Gasteiger partial charge on any atom is 0.410 e. The predicted molar refractivity (Wildman–Crippen MR) is 96.1 cm³/mol. The number of amides is 1. The number of nitrogens with zero attached hydrogens (tertiary/aromatic N) is 4. The van der Waals surface area contributed by atoms with Crippen LogP contribution in [0.3, 0.4) is 0 Å². The van der Waals surface area contributed by atoms with Gasteiger partial charge in [0.2, 0.25) is 5.88 Å². The number of aromatic nitrogens is 3. The second-order valence-corrected chi connectivity index (χ2v) is 7.58. The van der Waals surface area contributed by atoms with Crippen molar-refractivity contribution in [2.75, 3.05) is 13.1 Å². The van der Waals surface area contributed by atoms with Crippen molar-refractivity contribution in [3.63, 3.8) is 0 Å². The lowest BCUT2D eigenvalue weighted by molar-refractivity contribution is 0.0119. The summed E-state index contributed by atoms with van der Waals surface area (Å²) >= 11 is 0. The quantitative estimate of drug-likeness (QED) is 0.877. The van der Waals surface area contributed by atoms with Crippen molar-refractivity contribution >= 4 is 17.7 Å². The average Bonchev–Trinajstić information content (AvgIpc) is 3.04. The van der Waals surface area contributed by atoms with Crippen LogP contribution in [0.5, 0.6) is 5.88 Å². The molecule has 0 saturated carbocycles. The van der Waals surface area contributed by atoms with E-state index in [0.717, 1.165) is 0 Å². The largest absolute Gasteiger partial charge is 0.476 e. The topological polar surface area (TPSA) is 106 Å². The van der Waals surface area contributed by atoms with E-state index in [4.69, 9.17) is 9.47 Å². The van der Waals surface area contributed by atoms with E-state index in [9.17, 15) is 14.7 Å². The third-order valence-electron chi connectivity index (χ3n) is 4.29. The van der Waals surface area contributed by atoms with Crippen LogP contribution < -0.4 is 4.74 Å². The number of piperidine rings is 1. The highest BCUT2D eigenvalue weighted by Crippen LogP contribution is 2.26. The first kappa shape index (κ1) is 18.9. The van der Waals surface area contributed by atoms with E-state index in [1.165, 1.54) is 4.52 Å². The molecule has 1 aliphatic heterocycles. The number of hydrogen-bond acceptors (Lipinski definition) is 6. The molecule has 1 fully saturated rings. The van der Waals surface area contributed by atoms with Gasteiger partial charge in [0.1, 0.15) is 11.7 Å². The van der Waals surface area contributed by atoms with Crippen LogP contribution in [-0.4, -0.2) is 61.5 Å². The lowest BCUT2D eigenvalue weighted by atomic mass is 10.1. The molecule has 2 aromatic heterocycles. The Bertz CT molecular complexity index is 862. The van der Waals surface area contributed by atoms with Crippen molar-refractivity contribution < 1.29 is 24.2 Å². The number of rotatable bonds is 3. The van der Waals surface area contributed by atoms with E-state index in [-0.39, 0.29) is 17.9 Å². The Kier molecular flexibility index (Phi) is 4.95. The highest BCUT2D eigenvalue weighted by atomic mass is 16.6. The van der Waals surface area contributed by atoms with E-state index in [0.29, 0.717) is 43.0 Å². The fourth-order valence-corrected chi connectivity index (χ4v) is 2.98. The van der Waals surface area contributed by atoms with Crippen molar-refractivity contribution in [3.05, 3.63) is 23.5 Å². The molecular formula is C18H24N4O5. The molecule has 9 heteroatoms. The summed E-state index contributed by atoms with van der Waals surface area (Å²) in [5, 5.41) is 13.6. The number of likely N-dealkylation sites (tertiary alicyclic amines) is 1. The summed E-state index contributed by atoms with van der Waals surface area (Å²) in [4.78, 5) is 29.4. The molecule has 2 aromatic rings. The first-order valence-electron chi connectivity index (χ1n) is 8.88. The van der Waals surface area contributed by atoms with Gasteiger partial charge in [-0.25, -0.2) is 14.6 Å². The zero-order valence-electron chi connectivity index (χ0n) is 15.9. The number of carboxylic acid groups (broad SMARTS) is 1. The summed E-state index contributed by atoms with van der Waals surface area (Å²) in [7, 11) is 0. The van der Waals surface area contributed by atoms with Gasteiger partial charge in [-0.3, -0.25) is 0 Å². The Morgan fingerprint density at radius 2 is 1.93 bits per heavy atom. The minimum absolute atomic E-state index is 0.0517. The van der Waals surface area contributed by atoms with E-state index in [1.807, 2.05) is 20.8 Å². The lowest BCUT2D eigenvalue weighted by Crippen LogP contribution is -2.44. The molecule has 0 aromatic carbocycles. The van der Waals surface area contributed by atoms with Crippen LogP contribution in [0.4, 0.5) is 4.79 Å². The molecule has 0 unspecified atom stereocenters. The molecule has 1 saturated heterocycles. The second-order valence-electron chi connectivity index (χ2n) is 7.58. The number of carboxylic acids is 1. The van der Waals surface area contributed by atoms with Crippen molar-refractivity contribution in [2.45, 2.75) is 52.2 Å². The van der Waals surface area contributed by atoms with Gasteiger partial charge in [0.15, 0.2) is 11.3 Å². The molecule has 0 bridgehead atoms. The van der Waals surface area contributed by atoms with Crippen molar-refractivity contribution in [3.8, 4) is 5.88 Å². The van der Waals surface area contributed by atoms with E-state index in [1.54, 1.807) is 24.1 Å². The van der Waals surface area contributed by atoms with Crippen LogP contribution in [0.2, 0.25) is 0 Å². The average molecular weight is 376 g/mol. The van der Waals surface area contributed by atoms with E-state index >= 15 is 0 Å². The van der Waals surface area contributed by atoms with Crippen LogP contribution >= 0.6 is 0 Å². The molecule has 1 aliphatic rings. The SMILES string of the molecule is Cc1c(C(=O)O)nc2ccnn2c1OC1CCN(C(=O)OC(C)(C)C)CC1. The van der Waals surface area contributed by atoms with Crippen molar-refractivity contribution in [1.82, 2.24) is 19.5 Å². The van der Waals surface area contributed by atoms with Crippen LogP contribution in [0.1, 0.15) is 49.7 Å². The normalized spacial score (nSPS) is 15.8. The first-order chi connectivity index (χ1) is 12.7. The summed E-state index contributed by atoms with van der Waals surface area (Å²) in [5.74, 6) is -0.737. The maximum absolute atomic E-state index is 12.2. The van der Waals surface area contributed by atoms with Gasteiger partial charge in [-0.2, -0.15) is 9.61 Å². The number of fused-ring (bicyclic) bond motifs is 1.